The van der Waals surface area contributed by atoms with E-state index in [4.69, 9.17) is 18.9 Å². The molecule has 150 valence electrons. The van der Waals surface area contributed by atoms with E-state index in [0.29, 0.717) is 28.9 Å². The van der Waals surface area contributed by atoms with Gasteiger partial charge in [-0.1, -0.05) is 12.8 Å². The van der Waals surface area contributed by atoms with Crippen molar-refractivity contribution in [2.75, 3.05) is 20.0 Å². The maximum atomic E-state index is 12.3. The molecule has 0 amide bonds. The molecule has 3 aromatic rings. The van der Waals surface area contributed by atoms with Gasteiger partial charge in [0, 0.05) is 17.6 Å². The summed E-state index contributed by atoms with van der Waals surface area (Å²) in [6.45, 7) is 0.585. The number of rotatable bonds is 6. The van der Waals surface area contributed by atoms with Crippen molar-refractivity contribution in [2.45, 2.75) is 31.7 Å². The van der Waals surface area contributed by atoms with Gasteiger partial charge < -0.3 is 18.9 Å². The molecular formula is C21H21N3O5. The number of nitrogens with zero attached hydrogens (tertiary/aromatic N) is 3. The summed E-state index contributed by atoms with van der Waals surface area (Å²) in [5.41, 5.74) is 1.23. The molecule has 0 atom stereocenters. The van der Waals surface area contributed by atoms with Crippen LogP contribution in [0, 0.1) is 0 Å². The third-order valence-corrected chi connectivity index (χ3v) is 5.27. The molecule has 2 aliphatic rings. The van der Waals surface area contributed by atoms with Gasteiger partial charge >= 0.3 is 5.97 Å². The van der Waals surface area contributed by atoms with Crippen LogP contribution in [0.2, 0.25) is 0 Å². The first kappa shape index (κ1) is 17.8. The van der Waals surface area contributed by atoms with E-state index >= 15 is 0 Å². The SMILES string of the molecule is O=C(OCCOc1ccc2c(c1)OCO2)c1cnc2c(cnn2C2CCCC2)c1. The van der Waals surface area contributed by atoms with Crippen LogP contribution in [-0.2, 0) is 4.74 Å². The molecule has 0 saturated heterocycles. The molecule has 0 N–H and O–H groups in total. The molecule has 0 spiro atoms. The van der Waals surface area contributed by atoms with Crippen LogP contribution in [0.3, 0.4) is 0 Å². The Labute approximate surface area is 167 Å². The molecule has 29 heavy (non-hydrogen) atoms. The van der Waals surface area contributed by atoms with Gasteiger partial charge in [0.2, 0.25) is 6.79 Å². The summed E-state index contributed by atoms with van der Waals surface area (Å²) < 4.78 is 23.5. The third kappa shape index (κ3) is 3.57. The first-order chi connectivity index (χ1) is 14.3. The Kier molecular flexibility index (Phi) is 4.67. The third-order valence-electron chi connectivity index (χ3n) is 5.27. The van der Waals surface area contributed by atoms with E-state index < -0.39 is 5.97 Å². The zero-order valence-corrected chi connectivity index (χ0v) is 15.9. The number of hydrogen-bond acceptors (Lipinski definition) is 7. The molecule has 8 nitrogen and oxygen atoms in total. The van der Waals surface area contributed by atoms with E-state index in [1.54, 1.807) is 36.7 Å². The second kappa shape index (κ2) is 7.62. The highest BCUT2D eigenvalue weighted by molar-refractivity contribution is 5.92. The standard InChI is InChI=1S/C21H21N3O5/c25-21(27-8-7-26-17-5-6-18-19(10-17)29-13-28-18)15-9-14-12-23-24(20(14)22-11-15)16-3-1-2-4-16/h5-6,9-12,16H,1-4,7-8,13H2. The lowest BCUT2D eigenvalue weighted by Gasteiger charge is -2.10. The van der Waals surface area contributed by atoms with Crippen molar-refractivity contribution in [1.29, 1.82) is 0 Å². The average Bonchev–Trinajstić information content (AvgIpc) is 3.50. The van der Waals surface area contributed by atoms with Crippen molar-refractivity contribution >= 4 is 17.0 Å². The normalized spacial score (nSPS) is 15.7. The van der Waals surface area contributed by atoms with Crippen molar-refractivity contribution in [3.63, 3.8) is 0 Å². The van der Waals surface area contributed by atoms with E-state index in [1.807, 2.05) is 4.68 Å². The van der Waals surface area contributed by atoms with Gasteiger partial charge in [0.15, 0.2) is 17.1 Å². The number of ether oxygens (including phenoxy) is 4. The highest BCUT2D eigenvalue weighted by atomic mass is 16.7. The van der Waals surface area contributed by atoms with E-state index in [0.717, 1.165) is 23.9 Å². The number of carbonyl (C=O) groups is 1. The molecule has 3 heterocycles. The van der Waals surface area contributed by atoms with Crippen LogP contribution < -0.4 is 14.2 Å². The van der Waals surface area contributed by atoms with E-state index in [-0.39, 0.29) is 20.0 Å². The fourth-order valence-corrected chi connectivity index (χ4v) is 3.81. The Morgan fingerprint density at radius 3 is 2.86 bits per heavy atom. The predicted molar refractivity (Wildman–Crippen MR) is 103 cm³/mol. The molecule has 0 unspecified atom stereocenters. The van der Waals surface area contributed by atoms with Crippen molar-refractivity contribution in [3.05, 3.63) is 42.2 Å². The van der Waals surface area contributed by atoms with Gasteiger partial charge in [0.05, 0.1) is 17.8 Å². The van der Waals surface area contributed by atoms with E-state index in [2.05, 4.69) is 10.1 Å². The largest absolute Gasteiger partial charge is 0.490 e. The first-order valence-electron chi connectivity index (χ1n) is 9.81. The van der Waals surface area contributed by atoms with Crippen molar-refractivity contribution in [2.24, 2.45) is 0 Å². The summed E-state index contributed by atoms with van der Waals surface area (Å²) in [6.07, 6.45) is 8.03. The van der Waals surface area contributed by atoms with Crippen LogP contribution in [-0.4, -0.2) is 40.7 Å². The van der Waals surface area contributed by atoms with Crippen molar-refractivity contribution in [1.82, 2.24) is 14.8 Å². The Bertz CT molecular complexity index is 1040. The number of carbonyl (C=O) groups excluding carboxylic acids is 1. The van der Waals surface area contributed by atoms with Crippen molar-refractivity contribution < 1.29 is 23.7 Å². The summed E-state index contributed by atoms with van der Waals surface area (Å²) in [5.74, 6) is 1.55. The minimum Gasteiger partial charge on any atom is -0.490 e. The maximum Gasteiger partial charge on any atom is 0.339 e. The minimum atomic E-state index is -0.428. The summed E-state index contributed by atoms with van der Waals surface area (Å²) in [5, 5.41) is 5.32. The minimum absolute atomic E-state index is 0.132. The van der Waals surface area contributed by atoms with Gasteiger partial charge in [-0.05, 0) is 31.0 Å². The number of aromatic nitrogens is 3. The van der Waals surface area contributed by atoms with Crippen LogP contribution in [0.15, 0.2) is 36.7 Å². The Morgan fingerprint density at radius 2 is 1.97 bits per heavy atom. The quantitative estimate of drug-likeness (QED) is 0.466. The van der Waals surface area contributed by atoms with Gasteiger partial charge in [-0.15, -0.1) is 0 Å². The first-order valence-corrected chi connectivity index (χ1v) is 9.81. The van der Waals surface area contributed by atoms with Crippen LogP contribution in [0.4, 0.5) is 0 Å². The Morgan fingerprint density at radius 1 is 1.10 bits per heavy atom. The van der Waals surface area contributed by atoms with Gasteiger partial charge in [0.25, 0.3) is 0 Å². The topological polar surface area (TPSA) is 84.7 Å². The predicted octanol–water partition coefficient (Wildman–Crippen LogP) is 3.51. The number of fused-ring (bicyclic) bond motifs is 2. The summed E-state index contributed by atoms with van der Waals surface area (Å²) in [7, 11) is 0. The Balaban J connectivity index is 1.17. The maximum absolute atomic E-state index is 12.3. The van der Waals surface area contributed by atoms with Crippen molar-refractivity contribution in [3.8, 4) is 17.2 Å². The highest BCUT2D eigenvalue weighted by Gasteiger charge is 2.21. The fraction of sp³-hybridized carbons (Fsp3) is 0.381. The summed E-state index contributed by atoms with van der Waals surface area (Å²) in [4.78, 5) is 16.8. The van der Waals surface area contributed by atoms with Gasteiger partial charge in [-0.2, -0.15) is 5.10 Å². The molecule has 8 heteroatoms. The summed E-state index contributed by atoms with van der Waals surface area (Å²) in [6, 6.07) is 7.52. The lowest BCUT2D eigenvalue weighted by atomic mass is 10.2. The van der Waals surface area contributed by atoms with E-state index in [1.165, 1.54) is 12.8 Å². The van der Waals surface area contributed by atoms with Crippen LogP contribution in [0.1, 0.15) is 42.1 Å². The average molecular weight is 395 g/mol. The lowest BCUT2D eigenvalue weighted by molar-refractivity contribution is 0.0450. The molecule has 1 fully saturated rings. The molecule has 1 saturated carbocycles. The van der Waals surface area contributed by atoms with Gasteiger partial charge in [-0.3, -0.25) is 0 Å². The van der Waals surface area contributed by atoms with Gasteiger partial charge in [0.1, 0.15) is 19.0 Å². The Hall–Kier alpha value is -3.29. The van der Waals surface area contributed by atoms with Crippen LogP contribution in [0.5, 0.6) is 17.2 Å². The zero-order chi connectivity index (χ0) is 19.6. The number of pyridine rings is 1. The number of esters is 1. The van der Waals surface area contributed by atoms with Crippen LogP contribution in [0.25, 0.3) is 11.0 Å². The second-order valence-corrected chi connectivity index (χ2v) is 7.16. The molecular weight excluding hydrogens is 374 g/mol. The smallest absolute Gasteiger partial charge is 0.339 e. The van der Waals surface area contributed by atoms with E-state index in [9.17, 15) is 4.79 Å². The highest BCUT2D eigenvalue weighted by Crippen LogP contribution is 2.35. The summed E-state index contributed by atoms with van der Waals surface area (Å²) >= 11 is 0. The van der Waals surface area contributed by atoms with Crippen LogP contribution >= 0.6 is 0 Å². The zero-order valence-electron chi connectivity index (χ0n) is 15.9. The van der Waals surface area contributed by atoms with Gasteiger partial charge in [-0.25, -0.2) is 14.5 Å². The molecule has 0 bridgehead atoms. The molecule has 1 aliphatic heterocycles. The second-order valence-electron chi connectivity index (χ2n) is 7.16. The molecule has 1 aliphatic carbocycles. The fourth-order valence-electron chi connectivity index (χ4n) is 3.81. The molecule has 5 rings (SSSR count). The number of benzene rings is 1. The monoisotopic (exact) mass is 395 g/mol. The molecule has 2 aromatic heterocycles. The number of hydrogen-bond donors (Lipinski definition) is 0. The molecule has 1 aromatic carbocycles. The molecule has 0 radical (unpaired) electrons. The lowest BCUT2D eigenvalue weighted by Crippen LogP contribution is -2.13.